The molecule has 5 nitrogen and oxygen atoms in total. The number of carbonyl (C=O) groups is 2. The molecule has 1 aliphatic heterocycles. The van der Waals surface area contributed by atoms with Crippen LogP contribution >= 0.6 is 0 Å². The Bertz CT molecular complexity index is 529. The Kier molecular flexibility index (Phi) is 5.81. The number of aliphatic carboxylic acids is 1. The second-order valence-corrected chi connectivity index (χ2v) is 5.77. The van der Waals surface area contributed by atoms with Crippen molar-refractivity contribution in [2.75, 3.05) is 20.2 Å². The Morgan fingerprint density at radius 1 is 1.36 bits per heavy atom. The van der Waals surface area contributed by atoms with Gasteiger partial charge in [-0.05, 0) is 31.2 Å². The summed E-state index contributed by atoms with van der Waals surface area (Å²) in [5.74, 6) is 0.351. The summed E-state index contributed by atoms with van der Waals surface area (Å²) >= 11 is 0. The van der Waals surface area contributed by atoms with Gasteiger partial charge in [-0.15, -0.1) is 0 Å². The van der Waals surface area contributed by atoms with Crippen LogP contribution in [-0.4, -0.2) is 42.1 Å². The minimum Gasteiger partial charge on any atom is -0.496 e. The number of carboxylic acids is 1. The van der Waals surface area contributed by atoms with Gasteiger partial charge in [-0.1, -0.05) is 18.2 Å². The molecule has 0 aromatic heterocycles. The molecule has 0 saturated carbocycles. The molecule has 1 aliphatic rings. The molecule has 0 bridgehead atoms. The number of rotatable bonds is 6. The van der Waals surface area contributed by atoms with Gasteiger partial charge in [-0.3, -0.25) is 9.59 Å². The molecule has 2 rings (SSSR count). The van der Waals surface area contributed by atoms with Crippen LogP contribution in [0.5, 0.6) is 5.75 Å². The van der Waals surface area contributed by atoms with Gasteiger partial charge < -0.3 is 14.7 Å². The minimum atomic E-state index is -0.766. The first-order chi connectivity index (χ1) is 10.6. The number of para-hydroxylation sites is 1. The standard InChI is InChI=1S/C17H23NO4/c1-22-15-7-3-2-6-14(15)11-16(19)18-10-4-5-13(12-18)8-9-17(20)21/h2-3,6-7,13H,4-5,8-12H2,1H3,(H,20,21)/t13-/m1/s1. The molecule has 1 N–H and O–H groups in total. The van der Waals surface area contributed by atoms with Crippen molar-refractivity contribution >= 4 is 11.9 Å². The van der Waals surface area contributed by atoms with Gasteiger partial charge in [0.25, 0.3) is 0 Å². The normalized spacial score (nSPS) is 18.0. The van der Waals surface area contributed by atoms with Gasteiger partial charge in [0.05, 0.1) is 13.5 Å². The molecule has 1 atom stereocenters. The highest BCUT2D eigenvalue weighted by Gasteiger charge is 2.24. The molecule has 22 heavy (non-hydrogen) atoms. The third-order valence-electron chi connectivity index (χ3n) is 4.17. The number of carbonyl (C=O) groups excluding carboxylic acids is 1. The maximum Gasteiger partial charge on any atom is 0.303 e. The van der Waals surface area contributed by atoms with E-state index < -0.39 is 5.97 Å². The van der Waals surface area contributed by atoms with E-state index in [9.17, 15) is 9.59 Å². The average Bonchev–Trinajstić information content (AvgIpc) is 2.53. The number of piperidine rings is 1. The first-order valence-corrected chi connectivity index (χ1v) is 7.71. The van der Waals surface area contributed by atoms with Crippen LogP contribution in [0.15, 0.2) is 24.3 Å². The van der Waals surface area contributed by atoms with E-state index in [0.717, 1.165) is 30.7 Å². The lowest BCUT2D eigenvalue weighted by molar-refractivity contribution is -0.137. The molecule has 1 saturated heterocycles. The summed E-state index contributed by atoms with van der Waals surface area (Å²) in [5, 5.41) is 8.78. The van der Waals surface area contributed by atoms with Crippen LogP contribution in [-0.2, 0) is 16.0 Å². The topological polar surface area (TPSA) is 66.8 Å². The highest BCUT2D eigenvalue weighted by Crippen LogP contribution is 2.23. The lowest BCUT2D eigenvalue weighted by Gasteiger charge is -2.32. The van der Waals surface area contributed by atoms with Crippen molar-refractivity contribution in [3.05, 3.63) is 29.8 Å². The SMILES string of the molecule is COc1ccccc1CC(=O)N1CCC[C@H](CCC(=O)O)C1. The second kappa shape index (κ2) is 7.82. The van der Waals surface area contributed by atoms with Crippen molar-refractivity contribution < 1.29 is 19.4 Å². The lowest BCUT2D eigenvalue weighted by Crippen LogP contribution is -2.40. The van der Waals surface area contributed by atoms with Crippen molar-refractivity contribution in [2.45, 2.75) is 32.1 Å². The number of methoxy groups -OCH3 is 1. The smallest absolute Gasteiger partial charge is 0.303 e. The van der Waals surface area contributed by atoms with Crippen LogP contribution in [0.4, 0.5) is 0 Å². The third kappa shape index (κ3) is 4.48. The van der Waals surface area contributed by atoms with Gasteiger partial charge in [0, 0.05) is 25.1 Å². The van der Waals surface area contributed by atoms with Crippen molar-refractivity contribution in [3.8, 4) is 5.75 Å². The van der Waals surface area contributed by atoms with Crippen molar-refractivity contribution in [2.24, 2.45) is 5.92 Å². The van der Waals surface area contributed by atoms with E-state index in [-0.39, 0.29) is 12.3 Å². The molecule has 1 fully saturated rings. The second-order valence-electron chi connectivity index (χ2n) is 5.77. The Morgan fingerprint density at radius 2 is 2.14 bits per heavy atom. The molecular weight excluding hydrogens is 282 g/mol. The van der Waals surface area contributed by atoms with E-state index in [0.29, 0.717) is 25.3 Å². The van der Waals surface area contributed by atoms with Gasteiger partial charge in [-0.2, -0.15) is 0 Å². The highest BCUT2D eigenvalue weighted by molar-refractivity contribution is 5.79. The predicted molar refractivity (Wildman–Crippen MR) is 82.9 cm³/mol. The van der Waals surface area contributed by atoms with Crippen LogP contribution in [0, 0.1) is 5.92 Å². The van der Waals surface area contributed by atoms with Crippen molar-refractivity contribution in [3.63, 3.8) is 0 Å². The number of benzene rings is 1. The van der Waals surface area contributed by atoms with Crippen molar-refractivity contribution in [1.29, 1.82) is 0 Å². The van der Waals surface area contributed by atoms with E-state index in [1.807, 2.05) is 29.2 Å². The van der Waals surface area contributed by atoms with E-state index in [1.54, 1.807) is 7.11 Å². The zero-order chi connectivity index (χ0) is 15.9. The van der Waals surface area contributed by atoms with Crippen LogP contribution in [0.3, 0.4) is 0 Å². The van der Waals surface area contributed by atoms with Gasteiger partial charge in [0.15, 0.2) is 0 Å². The zero-order valence-electron chi connectivity index (χ0n) is 13.0. The molecule has 1 aromatic rings. The molecular formula is C17H23NO4. The summed E-state index contributed by atoms with van der Waals surface area (Å²) in [5.41, 5.74) is 0.891. The van der Waals surface area contributed by atoms with E-state index in [4.69, 9.17) is 9.84 Å². The molecule has 1 aromatic carbocycles. The Morgan fingerprint density at radius 3 is 2.86 bits per heavy atom. The molecule has 0 radical (unpaired) electrons. The number of nitrogens with zero attached hydrogens (tertiary/aromatic N) is 1. The van der Waals surface area contributed by atoms with Gasteiger partial charge in [0.2, 0.25) is 5.91 Å². The summed E-state index contributed by atoms with van der Waals surface area (Å²) in [4.78, 5) is 25.0. The van der Waals surface area contributed by atoms with E-state index >= 15 is 0 Å². The average molecular weight is 305 g/mol. The summed E-state index contributed by atoms with van der Waals surface area (Å²) in [6.07, 6.45) is 3.11. The molecule has 5 heteroatoms. The summed E-state index contributed by atoms with van der Waals surface area (Å²) in [7, 11) is 1.60. The molecule has 0 aliphatic carbocycles. The first-order valence-electron chi connectivity index (χ1n) is 7.71. The summed E-state index contributed by atoms with van der Waals surface area (Å²) in [6, 6.07) is 7.55. The van der Waals surface area contributed by atoms with E-state index in [2.05, 4.69) is 0 Å². The fourth-order valence-electron chi connectivity index (χ4n) is 2.98. The van der Waals surface area contributed by atoms with Crippen molar-refractivity contribution in [1.82, 2.24) is 4.90 Å². The monoisotopic (exact) mass is 305 g/mol. The molecule has 0 unspecified atom stereocenters. The van der Waals surface area contributed by atoms with Gasteiger partial charge >= 0.3 is 5.97 Å². The third-order valence-corrected chi connectivity index (χ3v) is 4.17. The maximum atomic E-state index is 12.5. The quantitative estimate of drug-likeness (QED) is 0.876. The fraction of sp³-hybridized carbons (Fsp3) is 0.529. The number of carboxylic acid groups (broad SMARTS) is 1. The maximum absolute atomic E-state index is 12.5. The highest BCUT2D eigenvalue weighted by atomic mass is 16.5. The number of hydrogen-bond donors (Lipinski definition) is 1. The molecule has 120 valence electrons. The van der Waals surface area contributed by atoms with Gasteiger partial charge in [0.1, 0.15) is 5.75 Å². The fourth-order valence-corrected chi connectivity index (χ4v) is 2.98. The number of likely N-dealkylation sites (tertiary alicyclic amines) is 1. The first kappa shape index (κ1) is 16.3. The molecule has 1 heterocycles. The van der Waals surface area contributed by atoms with E-state index in [1.165, 1.54) is 0 Å². The zero-order valence-corrected chi connectivity index (χ0v) is 13.0. The number of ether oxygens (including phenoxy) is 1. The Hall–Kier alpha value is -2.04. The summed E-state index contributed by atoms with van der Waals surface area (Å²) < 4.78 is 5.28. The van der Waals surface area contributed by atoms with Crippen LogP contribution in [0.25, 0.3) is 0 Å². The Balaban J connectivity index is 1.92. The number of hydrogen-bond acceptors (Lipinski definition) is 3. The number of amides is 1. The predicted octanol–water partition coefficient (Wildman–Crippen LogP) is 2.34. The minimum absolute atomic E-state index is 0.0875. The summed E-state index contributed by atoms with van der Waals surface area (Å²) in [6.45, 7) is 1.43. The Labute approximate surface area is 130 Å². The lowest BCUT2D eigenvalue weighted by atomic mass is 9.93. The molecule has 1 amide bonds. The largest absolute Gasteiger partial charge is 0.496 e. The van der Waals surface area contributed by atoms with Gasteiger partial charge in [-0.25, -0.2) is 0 Å². The van der Waals surface area contributed by atoms with Crippen LogP contribution in [0.2, 0.25) is 0 Å². The van der Waals surface area contributed by atoms with Crippen LogP contribution < -0.4 is 4.74 Å². The molecule has 0 spiro atoms. The van der Waals surface area contributed by atoms with Crippen LogP contribution in [0.1, 0.15) is 31.2 Å².